The molecule has 0 saturated carbocycles. The molecule has 96 valence electrons. The van der Waals surface area contributed by atoms with Crippen LogP contribution in [0.2, 0.25) is 0 Å². The minimum Gasteiger partial charge on any atom is -0.480 e. The van der Waals surface area contributed by atoms with Gasteiger partial charge < -0.3 is 26.4 Å². The lowest BCUT2D eigenvalue weighted by Crippen LogP contribution is -2.31. The molecule has 1 atom stereocenters. The lowest BCUT2D eigenvalue weighted by atomic mass is 10.2. The second-order valence-corrected chi connectivity index (χ2v) is 3.63. The number of aliphatic carboxylic acids is 1. The number of halogens is 1. The number of hydrogen-bond acceptors (Lipinski definition) is 5. The summed E-state index contributed by atoms with van der Waals surface area (Å²) in [5, 5.41) is 8.22. The van der Waals surface area contributed by atoms with Crippen LogP contribution in [0.3, 0.4) is 0 Å². The van der Waals surface area contributed by atoms with Crippen molar-refractivity contribution >= 4 is 19.7 Å². The highest BCUT2D eigenvalue weighted by molar-refractivity contribution is 7.46. The highest BCUT2D eigenvalue weighted by atomic mass is 31.2. The summed E-state index contributed by atoms with van der Waals surface area (Å²) in [6.45, 7) is 0. The van der Waals surface area contributed by atoms with Crippen LogP contribution in [0.15, 0.2) is 0 Å². The lowest BCUT2D eigenvalue weighted by molar-refractivity contribution is -0.138. The number of phosphoric acid groups is 1. The molecule has 1 amide bonds. The number of nitrogens with two attached hydrogens (primary N) is 2. The minimum absolute atomic E-state index is 0.0213. The summed E-state index contributed by atoms with van der Waals surface area (Å²) in [7, 11) is -4.81. The molecule has 0 aromatic carbocycles. The van der Waals surface area contributed by atoms with Crippen molar-refractivity contribution in [3.05, 3.63) is 0 Å². The summed E-state index contributed by atoms with van der Waals surface area (Å²) in [6, 6.07) is -0.979. The van der Waals surface area contributed by atoms with Crippen molar-refractivity contribution in [2.75, 3.05) is 0 Å². The van der Waals surface area contributed by atoms with Gasteiger partial charge in [0.25, 0.3) is 0 Å². The fourth-order valence-electron chi connectivity index (χ4n) is 0.421. The molecule has 7 N–H and O–H groups in total. The number of carboxylic acid groups (broad SMARTS) is 1. The molecule has 0 heterocycles. The van der Waals surface area contributed by atoms with Crippen molar-refractivity contribution in [3.8, 4) is 0 Å². The van der Waals surface area contributed by atoms with E-state index >= 15 is 0 Å². The van der Waals surface area contributed by atoms with E-state index in [2.05, 4.69) is 4.73 Å². The van der Waals surface area contributed by atoms with Gasteiger partial charge in [0.15, 0.2) is 0 Å². The molecule has 0 spiro atoms. The van der Waals surface area contributed by atoms with E-state index < -0.39 is 25.7 Å². The number of hydrogen-bond donors (Lipinski definition) is 5. The molecular weight excluding hydrogens is 250 g/mol. The van der Waals surface area contributed by atoms with Gasteiger partial charge in [0, 0.05) is 6.42 Å². The van der Waals surface area contributed by atoms with Gasteiger partial charge in [0.2, 0.25) is 5.91 Å². The Kier molecular flexibility index (Phi) is 8.81. The number of carbonyl (C=O) groups is 2. The van der Waals surface area contributed by atoms with Crippen LogP contribution in [0.5, 0.6) is 0 Å². The Morgan fingerprint density at radius 1 is 1.44 bits per heavy atom. The number of primary amides is 1. The molecule has 16 heavy (non-hydrogen) atoms. The lowest BCUT2D eigenvalue weighted by Gasteiger charge is -2.01. The zero-order valence-electron chi connectivity index (χ0n) is 7.95. The third kappa shape index (κ3) is 15.4. The Balaban J connectivity index is 0. The number of carboxylic acids is 1. The maximum Gasteiger partial charge on any atom is 0.500 e. The zero-order chi connectivity index (χ0) is 13.4. The first-order chi connectivity index (χ1) is 7.10. The van der Waals surface area contributed by atoms with Gasteiger partial charge in [-0.3, -0.25) is 9.59 Å². The summed E-state index contributed by atoms with van der Waals surface area (Å²) in [5.74, 6) is -1.64. The van der Waals surface area contributed by atoms with Gasteiger partial charge in [-0.2, -0.15) is 0 Å². The predicted octanol–water partition coefficient (Wildman–Crippen LogP) is -1.36. The van der Waals surface area contributed by atoms with Crippen molar-refractivity contribution in [2.24, 2.45) is 11.5 Å². The molecule has 1 unspecified atom stereocenters. The third-order valence-electron chi connectivity index (χ3n) is 1.11. The van der Waals surface area contributed by atoms with Gasteiger partial charge in [0.1, 0.15) is 6.04 Å². The first kappa shape index (κ1) is 17.3. The summed E-state index contributed by atoms with van der Waals surface area (Å²) in [4.78, 5) is 34.8. The van der Waals surface area contributed by atoms with Crippen LogP contribution in [0.25, 0.3) is 0 Å². The highest BCUT2D eigenvalue weighted by Crippen LogP contribution is 2.35. The van der Waals surface area contributed by atoms with E-state index in [0.717, 1.165) is 0 Å². The molecule has 11 heteroatoms. The predicted molar refractivity (Wildman–Crippen MR) is 48.3 cm³/mol. The molecule has 0 aromatic rings. The van der Waals surface area contributed by atoms with E-state index in [1.165, 1.54) is 0 Å². The van der Waals surface area contributed by atoms with E-state index in [4.69, 9.17) is 30.9 Å². The maximum atomic E-state index is 10.2. The van der Waals surface area contributed by atoms with Crippen LogP contribution in [-0.2, 0) is 18.9 Å². The second kappa shape index (κ2) is 8.13. The monoisotopic (exact) mass is 262 g/mol. The van der Waals surface area contributed by atoms with Gasteiger partial charge in [-0.05, 0) is 10.9 Å². The first-order valence-electron chi connectivity index (χ1n) is 3.72. The average molecular weight is 262 g/mol. The molecule has 0 aliphatic heterocycles. The van der Waals surface area contributed by atoms with Gasteiger partial charge in [0.05, 0.1) is 0 Å². The van der Waals surface area contributed by atoms with E-state index in [1.807, 2.05) is 0 Å². The van der Waals surface area contributed by atoms with E-state index in [9.17, 15) is 14.1 Å². The van der Waals surface area contributed by atoms with Crippen LogP contribution in [0, 0.1) is 0 Å². The van der Waals surface area contributed by atoms with Crippen LogP contribution in [0.1, 0.15) is 12.8 Å². The summed E-state index contributed by atoms with van der Waals surface area (Å²) >= 11 is 0. The fourth-order valence-corrected chi connectivity index (χ4v) is 0.421. The summed E-state index contributed by atoms with van der Waals surface area (Å²) < 4.78 is 21.4. The molecular formula is C5H12FN2O7P. The summed E-state index contributed by atoms with van der Waals surface area (Å²) in [6.07, 6.45) is 0.123. The molecule has 0 aliphatic rings. The third-order valence-corrected chi connectivity index (χ3v) is 1.29. The Labute approximate surface area is 89.3 Å². The van der Waals surface area contributed by atoms with Crippen LogP contribution in [-0.4, -0.2) is 32.8 Å². The number of carbonyl (C=O) groups excluding carboxylic acids is 1. The molecule has 0 radical (unpaired) electrons. The van der Waals surface area contributed by atoms with E-state index in [0.29, 0.717) is 0 Å². The van der Waals surface area contributed by atoms with Crippen molar-refractivity contribution in [3.63, 3.8) is 0 Å². The van der Waals surface area contributed by atoms with E-state index in [-0.39, 0.29) is 12.8 Å². The van der Waals surface area contributed by atoms with Gasteiger partial charge in [-0.15, -0.1) is 0 Å². The SMILES string of the molecule is NC(=O)CCC(N)C(=O)O.O=P(O)(O)OF. The Morgan fingerprint density at radius 2 is 1.81 bits per heavy atom. The maximum absolute atomic E-state index is 10.2. The molecule has 0 rings (SSSR count). The number of amides is 1. The molecule has 0 fully saturated rings. The van der Waals surface area contributed by atoms with Crippen molar-refractivity contribution < 1.29 is 38.3 Å². The standard InChI is InChI=1S/C5H10N2O3.FH2O4P/c6-3(5(9)10)1-2-4(7)8;1-5-6(2,3)4/h3H,1-2,6H2,(H2,7,8)(H,9,10);(H2,2,3,4). The molecule has 0 bridgehead atoms. The summed E-state index contributed by atoms with van der Waals surface area (Å²) in [5.41, 5.74) is 9.81. The van der Waals surface area contributed by atoms with Crippen molar-refractivity contribution in [1.82, 2.24) is 0 Å². The Morgan fingerprint density at radius 3 is 2.00 bits per heavy atom. The first-order valence-corrected chi connectivity index (χ1v) is 5.25. The molecule has 0 aliphatic carbocycles. The normalized spacial score (nSPS) is 12.2. The quantitative estimate of drug-likeness (QED) is 0.378. The minimum atomic E-state index is -4.81. The fraction of sp³-hybridized carbons (Fsp3) is 0.600. The molecule has 0 aromatic heterocycles. The van der Waals surface area contributed by atoms with Crippen LogP contribution < -0.4 is 11.5 Å². The van der Waals surface area contributed by atoms with E-state index in [1.54, 1.807) is 0 Å². The topological polar surface area (TPSA) is 173 Å². The molecule has 0 saturated heterocycles. The van der Waals surface area contributed by atoms with Gasteiger partial charge >= 0.3 is 13.8 Å². The van der Waals surface area contributed by atoms with Crippen LogP contribution >= 0.6 is 7.82 Å². The Hall–Kier alpha value is -1.06. The van der Waals surface area contributed by atoms with Crippen LogP contribution in [0.4, 0.5) is 4.53 Å². The molecule has 9 nitrogen and oxygen atoms in total. The number of rotatable bonds is 5. The average Bonchev–Trinajstić information content (AvgIpc) is 2.13. The smallest absolute Gasteiger partial charge is 0.480 e. The zero-order valence-corrected chi connectivity index (χ0v) is 8.84. The van der Waals surface area contributed by atoms with Crippen molar-refractivity contribution in [2.45, 2.75) is 18.9 Å². The second-order valence-electron chi connectivity index (χ2n) is 2.51. The highest BCUT2D eigenvalue weighted by Gasteiger charge is 2.12. The Bertz CT molecular complexity index is 280. The van der Waals surface area contributed by atoms with Crippen molar-refractivity contribution in [1.29, 1.82) is 0 Å². The van der Waals surface area contributed by atoms with Gasteiger partial charge in [-0.25, -0.2) is 4.57 Å². The van der Waals surface area contributed by atoms with Gasteiger partial charge in [-0.1, -0.05) is 4.73 Å². The largest absolute Gasteiger partial charge is 0.500 e.